The fourth-order valence-electron chi connectivity index (χ4n) is 6.30. The van der Waals surface area contributed by atoms with Gasteiger partial charge in [0.1, 0.15) is 0 Å². The van der Waals surface area contributed by atoms with Crippen molar-refractivity contribution in [2.45, 2.75) is 81.8 Å². The van der Waals surface area contributed by atoms with Gasteiger partial charge in [-0.05, 0) is 67.2 Å². The van der Waals surface area contributed by atoms with E-state index in [9.17, 15) is 13.2 Å². The Morgan fingerprint density at radius 3 is 2.38 bits per heavy atom. The van der Waals surface area contributed by atoms with Crippen LogP contribution in [0, 0.1) is 11.3 Å². The van der Waals surface area contributed by atoms with E-state index >= 15 is 0 Å². The summed E-state index contributed by atoms with van der Waals surface area (Å²) >= 11 is 0. The zero-order valence-corrected chi connectivity index (χ0v) is 21.2. The monoisotopic (exact) mass is 462 g/mol. The molecule has 7 heteroatoms. The van der Waals surface area contributed by atoms with E-state index in [4.69, 9.17) is 4.74 Å². The first-order chi connectivity index (χ1) is 14.9. The molecule has 2 atom stereocenters. The van der Waals surface area contributed by atoms with E-state index in [0.717, 1.165) is 50.6 Å². The number of sulfonamides is 1. The predicted molar refractivity (Wildman–Crippen MR) is 125 cm³/mol. The third-order valence-electron chi connectivity index (χ3n) is 8.99. The maximum Gasteiger partial charge on any atom is 0.242 e. The fourth-order valence-corrected chi connectivity index (χ4v) is 7.23. The molecule has 1 heterocycles. The molecule has 1 aromatic carbocycles. The number of carbonyl (C=O) groups excluding carboxylic acids is 1. The summed E-state index contributed by atoms with van der Waals surface area (Å²) in [7, 11) is 1.41. The summed E-state index contributed by atoms with van der Waals surface area (Å²) < 4.78 is 32.3. The van der Waals surface area contributed by atoms with Gasteiger partial charge in [0.15, 0.2) is 0 Å². The van der Waals surface area contributed by atoms with E-state index in [1.165, 1.54) is 9.87 Å². The van der Waals surface area contributed by atoms with Gasteiger partial charge in [-0.1, -0.05) is 26.8 Å². The summed E-state index contributed by atoms with van der Waals surface area (Å²) in [5.41, 5.74) is 1.97. The van der Waals surface area contributed by atoms with E-state index in [1.54, 1.807) is 27.3 Å². The summed E-state index contributed by atoms with van der Waals surface area (Å²) in [5.74, 6) is 0.394. The minimum absolute atomic E-state index is 0.0931. The highest BCUT2D eigenvalue weighted by Gasteiger charge is 2.57. The standard InChI is InChI=1S/C25H38N2O4S/c1-24(2)22-15-18-9-12-20(32(29,30)26(4)5)16-21(18)25(24,3)13-14-27(22)23(28)17-7-10-19(31-6)11-8-17/h9,12,16-17,19,22H,7-8,10-11,13-15H2,1-6H3/t17?,19?,22-,25+/m0/s1. The van der Waals surface area contributed by atoms with Crippen LogP contribution in [0.1, 0.15) is 64.0 Å². The highest BCUT2D eigenvalue weighted by atomic mass is 32.2. The van der Waals surface area contributed by atoms with E-state index < -0.39 is 10.0 Å². The minimum Gasteiger partial charge on any atom is -0.381 e. The summed E-state index contributed by atoms with van der Waals surface area (Å²) in [6, 6.07) is 5.72. The maximum absolute atomic E-state index is 13.6. The molecule has 2 fully saturated rings. The van der Waals surface area contributed by atoms with Crippen LogP contribution in [0.4, 0.5) is 0 Å². The molecule has 2 bridgehead atoms. The number of ether oxygens (including phenoxy) is 1. The van der Waals surface area contributed by atoms with Gasteiger partial charge in [0.25, 0.3) is 0 Å². The Morgan fingerprint density at radius 1 is 1.12 bits per heavy atom. The van der Waals surface area contributed by atoms with Gasteiger partial charge >= 0.3 is 0 Å². The van der Waals surface area contributed by atoms with Crippen LogP contribution in [0.2, 0.25) is 0 Å². The number of likely N-dealkylation sites (tertiary alicyclic amines) is 1. The average Bonchev–Trinajstić information content (AvgIpc) is 2.75. The maximum atomic E-state index is 13.6. The number of nitrogens with zero attached hydrogens (tertiary/aromatic N) is 2. The molecule has 1 amide bonds. The molecular formula is C25H38N2O4S. The SMILES string of the molecule is COC1CCC(C(=O)N2CC[C@]3(C)c4cc(S(=O)(=O)N(C)C)ccc4C[C@H]2C3(C)C)CC1. The van der Waals surface area contributed by atoms with Crippen LogP contribution in [0.15, 0.2) is 23.1 Å². The normalized spacial score (nSPS) is 32.0. The molecule has 0 aromatic heterocycles. The average molecular weight is 463 g/mol. The second-order valence-electron chi connectivity index (χ2n) is 10.9. The Bertz CT molecular complexity index is 995. The van der Waals surface area contributed by atoms with Gasteiger partial charge in [-0.15, -0.1) is 0 Å². The number of fused-ring (bicyclic) bond motifs is 4. The molecule has 178 valence electrons. The van der Waals surface area contributed by atoms with Gasteiger partial charge in [-0.2, -0.15) is 0 Å². The van der Waals surface area contributed by atoms with Crippen LogP contribution < -0.4 is 0 Å². The summed E-state index contributed by atoms with van der Waals surface area (Å²) in [6.07, 6.45) is 5.63. The lowest BCUT2D eigenvalue weighted by atomic mass is 9.51. The lowest BCUT2D eigenvalue weighted by Crippen LogP contribution is -2.65. The zero-order valence-electron chi connectivity index (χ0n) is 20.3. The van der Waals surface area contributed by atoms with Crippen LogP contribution in [-0.2, 0) is 31.4 Å². The van der Waals surface area contributed by atoms with E-state index in [0.29, 0.717) is 10.8 Å². The molecule has 6 nitrogen and oxygen atoms in total. The van der Waals surface area contributed by atoms with Gasteiger partial charge in [0.05, 0.1) is 11.0 Å². The van der Waals surface area contributed by atoms with Gasteiger partial charge in [-0.25, -0.2) is 12.7 Å². The van der Waals surface area contributed by atoms with Gasteiger partial charge < -0.3 is 9.64 Å². The Labute approximate surface area is 193 Å². The molecule has 2 aliphatic carbocycles. The number of benzene rings is 1. The number of carbonyl (C=O) groups is 1. The number of amides is 1. The Morgan fingerprint density at radius 2 is 1.78 bits per heavy atom. The van der Waals surface area contributed by atoms with Crippen LogP contribution >= 0.6 is 0 Å². The van der Waals surface area contributed by atoms with E-state index in [2.05, 4.69) is 25.7 Å². The lowest BCUT2D eigenvalue weighted by molar-refractivity contribution is -0.150. The Hall–Kier alpha value is -1.44. The molecule has 1 aromatic rings. The molecule has 4 rings (SSSR count). The van der Waals surface area contributed by atoms with Crippen LogP contribution in [0.5, 0.6) is 0 Å². The number of rotatable bonds is 4. The number of hydrogen-bond acceptors (Lipinski definition) is 4. The minimum atomic E-state index is -3.49. The van der Waals surface area contributed by atoms with Crippen LogP contribution in [0.3, 0.4) is 0 Å². The second kappa shape index (κ2) is 8.10. The van der Waals surface area contributed by atoms with Crippen molar-refractivity contribution in [1.82, 2.24) is 9.21 Å². The van der Waals surface area contributed by atoms with Gasteiger partial charge in [0.2, 0.25) is 15.9 Å². The van der Waals surface area contributed by atoms with Crippen molar-refractivity contribution in [1.29, 1.82) is 0 Å². The van der Waals surface area contributed by atoms with E-state index in [-0.39, 0.29) is 28.9 Å². The van der Waals surface area contributed by atoms with Crippen molar-refractivity contribution in [2.75, 3.05) is 27.7 Å². The number of methoxy groups -OCH3 is 1. The molecule has 0 unspecified atom stereocenters. The zero-order chi connectivity index (χ0) is 23.5. The van der Waals surface area contributed by atoms with E-state index in [1.807, 2.05) is 12.1 Å². The highest BCUT2D eigenvalue weighted by molar-refractivity contribution is 7.89. The Balaban J connectivity index is 1.66. The third-order valence-corrected chi connectivity index (χ3v) is 10.8. The first-order valence-corrected chi connectivity index (χ1v) is 13.3. The lowest BCUT2D eigenvalue weighted by Gasteiger charge is -2.61. The van der Waals surface area contributed by atoms with Crippen molar-refractivity contribution in [3.8, 4) is 0 Å². The molecule has 1 saturated carbocycles. The van der Waals surface area contributed by atoms with Crippen molar-refractivity contribution in [3.05, 3.63) is 29.3 Å². The smallest absolute Gasteiger partial charge is 0.242 e. The van der Waals surface area contributed by atoms with Crippen molar-refractivity contribution >= 4 is 15.9 Å². The highest BCUT2D eigenvalue weighted by Crippen LogP contribution is 2.56. The molecule has 1 aliphatic heterocycles. The topological polar surface area (TPSA) is 66.9 Å². The quantitative estimate of drug-likeness (QED) is 0.686. The van der Waals surface area contributed by atoms with Gasteiger partial charge in [-0.3, -0.25) is 4.79 Å². The van der Waals surface area contributed by atoms with Crippen molar-refractivity contribution < 1.29 is 17.9 Å². The van der Waals surface area contributed by atoms with Gasteiger partial charge in [0, 0.05) is 45.1 Å². The molecule has 3 aliphatic rings. The summed E-state index contributed by atoms with van der Waals surface area (Å²) in [6.45, 7) is 7.51. The molecule has 0 N–H and O–H groups in total. The fraction of sp³-hybridized carbons (Fsp3) is 0.720. The molecule has 0 radical (unpaired) electrons. The first-order valence-electron chi connectivity index (χ1n) is 11.8. The van der Waals surface area contributed by atoms with Crippen molar-refractivity contribution in [3.63, 3.8) is 0 Å². The third kappa shape index (κ3) is 3.51. The molecular weight excluding hydrogens is 424 g/mol. The molecule has 1 saturated heterocycles. The van der Waals surface area contributed by atoms with Crippen LogP contribution in [0.25, 0.3) is 0 Å². The summed E-state index contributed by atoms with van der Waals surface area (Å²) in [5, 5.41) is 0. The summed E-state index contributed by atoms with van der Waals surface area (Å²) in [4.78, 5) is 16.1. The number of hydrogen-bond donors (Lipinski definition) is 0. The first kappa shape index (κ1) is 23.7. The van der Waals surface area contributed by atoms with Crippen molar-refractivity contribution in [2.24, 2.45) is 11.3 Å². The largest absolute Gasteiger partial charge is 0.381 e. The molecule has 32 heavy (non-hydrogen) atoms. The Kier molecular flexibility index (Phi) is 6.00. The molecule has 0 spiro atoms. The second-order valence-corrected chi connectivity index (χ2v) is 13.0. The number of piperidine rings is 1. The van der Waals surface area contributed by atoms with Crippen LogP contribution in [-0.4, -0.2) is 63.4 Å². The predicted octanol–water partition coefficient (Wildman–Crippen LogP) is 3.58.